The van der Waals surface area contributed by atoms with Gasteiger partial charge in [-0.3, -0.25) is 0 Å². The first kappa shape index (κ1) is 9.14. The third-order valence-corrected chi connectivity index (χ3v) is 2.87. The molecule has 60 valence electrons. The first-order valence-corrected chi connectivity index (χ1v) is 5.66. The summed E-state index contributed by atoms with van der Waals surface area (Å²) >= 11 is 5.35. The van der Waals surface area contributed by atoms with Crippen molar-refractivity contribution in [3.63, 3.8) is 0 Å². The second-order valence-corrected chi connectivity index (χ2v) is 4.58. The summed E-state index contributed by atoms with van der Waals surface area (Å²) in [4.78, 5) is 1.81. The van der Waals surface area contributed by atoms with E-state index in [9.17, 15) is 0 Å². The first-order chi connectivity index (χ1) is 5.25. The molecule has 0 nitrogen and oxygen atoms in total. The molecule has 0 aliphatic rings. The fourth-order valence-corrected chi connectivity index (χ4v) is 2.24. The maximum absolute atomic E-state index is 3.56. The van der Waals surface area contributed by atoms with Gasteiger partial charge in [0.2, 0.25) is 0 Å². The van der Waals surface area contributed by atoms with E-state index in [2.05, 4.69) is 53.4 Å². The van der Waals surface area contributed by atoms with E-state index in [0.29, 0.717) is 4.83 Å². The molecule has 0 spiro atoms. The van der Waals surface area contributed by atoms with Gasteiger partial charge in [0.05, 0.1) is 0 Å². The van der Waals surface area contributed by atoms with Gasteiger partial charge in [0.1, 0.15) is 0 Å². The summed E-state index contributed by atoms with van der Waals surface area (Å²) in [5.74, 6) is 0. The lowest BCUT2D eigenvalue weighted by Gasteiger charge is -2.07. The standard InChI is InChI=1S/C9H11BrS/c1-7(10)8-5-3-4-6-9(8)11-2/h3-7H,1-2H3. The fraction of sp³-hybridized carbons (Fsp3) is 0.333. The molecular weight excluding hydrogens is 220 g/mol. The molecule has 0 aliphatic heterocycles. The number of thioether (sulfide) groups is 1. The van der Waals surface area contributed by atoms with Gasteiger partial charge in [0, 0.05) is 9.72 Å². The molecule has 2 heteroatoms. The van der Waals surface area contributed by atoms with Crippen molar-refractivity contribution in [2.75, 3.05) is 6.26 Å². The molecule has 0 aliphatic carbocycles. The van der Waals surface area contributed by atoms with Crippen LogP contribution in [0.2, 0.25) is 0 Å². The molecular formula is C9H11BrS. The predicted molar refractivity (Wildman–Crippen MR) is 55.6 cm³/mol. The highest BCUT2D eigenvalue weighted by Crippen LogP contribution is 2.30. The van der Waals surface area contributed by atoms with Crippen LogP contribution in [0.25, 0.3) is 0 Å². The van der Waals surface area contributed by atoms with Crippen molar-refractivity contribution in [3.05, 3.63) is 29.8 Å². The molecule has 0 heterocycles. The van der Waals surface area contributed by atoms with Crippen molar-refractivity contribution in [3.8, 4) is 0 Å². The van der Waals surface area contributed by atoms with Crippen molar-refractivity contribution in [1.82, 2.24) is 0 Å². The van der Waals surface area contributed by atoms with E-state index in [1.165, 1.54) is 10.5 Å². The van der Waals surface area contributed by atoms with Crippen LogP contribution in [0.3, 0.4) is 0 Å². The molecule has 0 fully saturated rings. The van der Waals surface area contributed by atoms with Crippen molar-refractivity contribution < 1.29 is 0 Å². The molecule has 0 radical (unpaired) electrons. The number of rotatable bonds is 2. The monoisotopic (exact) mass is 230 g/mol. The minimum Gasteiger partial charge on any atom is -0.129 e. The summed E-state index contributed by atoms with van der Waals surface area (Å²) in [6.07, 6.45) is 2.11. The molecule has 0 N–H and O–H groups in total. The average molecular weight is 231 g/mol. The molecule has 1 aromatic rings. The van der Waals surface area contributed by atoms with Gasteiger partial charge in [0.15, 0.2) is 0 Å². The SMILES string of the molecule is CSc1ccccc1C(C)Br. The van der Waals surface area contributed by atoms with E-state index in [4.69, 9.17) is 0 Å². The Morgan fingerprint density at radius 3 is 2.45 bits per heavy atom. The molecule has 0 saturated heterocycles. The van der Waals surface area contributed by atoms with Crippen LogP contribution < -0.4 is 0 Å². The molecule has 11 heavy (non-hydrogen) atoms. The zero-order valence-electron chi connectivity index (χ0n) is 6.67. The number of halogens is 1. The largest absolute Gasteiger partial charge is 0.129 e. The first-order valence-electron chi connectivity index (χ1n) is 3.52. The zero-order valence-corrected chi connectivity index (χ0v) is 9.08. The predicted octanol–water partition coefficient (Wildman–Crippen LogP) is 3.86. The van der Waals surface area contributed by atoms with Gasteiger partial charge in [-0.1, -0.05) is 34.1 Å². The number of hydrogen-bond donors (Lipinski definition) is 0. The highest BCUT2D eigenvalue weighted by atomic mass is 79.9. The van der Waals surface area contributed by atoms with Crippen LogP contribution in [0.1, 0.15) is 17.3 Å². The molecule has 0 bridgehead atoms. The Labute approximate surface area is 80.5 Å². The van der Waals surface area contributed by atoms with Crippen molar-refractivity contribution in [1.29, 1.82) is 0 Å². The Morgan fingerprint density at radius 2 is 2.00 bits per heavy atom. The molecule has 1 rings (SSSR count). The van der Waals surface area contributed by atoms with Gasteiger partial charge in [-0.15, -0.1) is 11.8 Å². The third kappa shape index (κ3) is 2.24. The molecule has 1 aromatic carbocycles. The van der Waals surface area contributed by atoms with Crippen LogP contribution in [0.5, 0.6) is 0 Å². The number of benzene rings is 1. The Kier molecular flexibility index (Phi) is 3.46. The van der Waals surface area contributed by atoms with Crippen LogP contribution in [-0.2, 0) is 0 Å². The summed E-state index contributed by atoms with van der Waals surface area (Å²) in [6, 6.07) is 8.46. The summed E-state index contributed by atoms with van der Waals surface area (Å²) in [5, 5.41) is 0. The molecule has 1 atom stereocenters. The summed E-state index contributed by atoms with van der Waals surface area (Å²) in [6.45, 7) is 2.15. The quantitative estimate of drug-likeness (QED) is 0.550. The van der Waals surface area contributed by atoms with Crippen LogP contribution in [-0.4, -0.2) is 6.26 Å². The highest BCUT2D eigenvalue weighted by molar-refractivity contribution is 9.09. The lowest BCUT2D eigenvalue weighted by molar-refractivity contribution is 1.07. The second-order valence-electron chi connectivity index (χ2n) is 2.36. The molecule has 0 amide bonds. The molecule has 0 saturated carbocycles. The molecule has 1 unspecified atom stereocenters. The van der Waals surface area contributed by atoms with Crippen LogP contribution in [0, 0.1) is 0 Å². The second kappa shape index (κ2) is 4.17. The van der Waals surface area contributed by atoms with Crippen molar-refractivity contribution in [2.45, 2.75) is 16.6 Å². The van der Waals surface area contributed by atoms with E-state index in [-0.39, 0.29) is 0 Å². The van der Waals surface area contributed by atoms with Crippen LogP contribution >= 0.6 is 27.7 Å². The van der Waals surface area contributed by atoms with Gasteiger partial charge in [-0.25, -0.2) is 0 Å². The van der Waals surface area contributed by atoms with Gasteiger partial charge >= 0.3 is 0 Å². The topological polar surface area (TPSA) is 0 Å². The van der Waals surface area contributed by atoms with E-state index < -0.39 is 0 Å². The lowest BCUT2D eigenvalue weighted by Crippen LogP contribution is -1.85. The lowest BCUT2D eigenvalue weighted by atomic mass is 10.2. The zero-order chi connectivity index (χ0) is 8.27. The number of hydrogen-bond acceptors (Lipinski definition) is 1. The van der Waals surface area contributed by atoms with Crippen molar-refractivity contribution in [2.24, 2.45) is 0 Å². The normalized spacial score (nSPS) is 13.0. The van der Waals surface area contributed by atoms with Crippen LogP contribution in [0.4, 0.5) is 0 Å². The summed E-state index contributed by atoms with van der Waals surface area (Å²) in [5.41, 5.74) is 1.38. The number of alkyl halides is 1. The molecule has 0 aromatic heterocycles. The van der Waals surface area contributed by atoms with Gasteiger partial charge in [-0.2, -0.15) is 0 Å². The average Bonchev–Trinajstić information content (AvgIpc) is 2.04. The third-order valence-electron chi connectivity index (χ3n) is 1.57. The van der Waals surface area contributed by atoms with Gasteiger partial charge < -0.3 is 0 Å². The van der Waals surface area contributed by atoms with E-state index in [0.717, 1.165) is 0 Å². The van der Waals surface area contributed by atoms with E-state index in [1.807, 2.05) is 0 Å². The summed E-state index contributed by atoms with van der Waals surface area (Å²) in [7, 11) is 0. The Balaban J connectivity index is 3.02. The smallest absolute Gasteiger partial charge is 0.0378 e. The Hall–Kier alpha value is 0.0500. The summed E-state index contributed by atoms with van der Waals surface area (Å²) < 4.78 is 0. The van der Waals surface area contributed by atoms with E-state index in [1.54, 1.807) is 11.8 Å². The van der Waals surface area contributed by atoms with E-state index >= 15 is 0 Å². The van der Waals surface area contributed by atoms with Crippen LogP contribution in [0.15, 0.2) is 29.2 Å². The Morgan fingerprint density at radius 1 is 1.36 bits per heavy atom. The maximum atomic E-state index is 3.56. The fourth-order valence-electron chi connectivity index (χ4n) is 0.995. The van der Waals surface area contributed by atoms with Gasteiger partial charge in [-0.05, 0) is 24.8 Å². The van der Waals surface area contributed by atoms with Gasteiger partial charge in [0.25, 0.3) is 0 Å². The Bertz CT molecular complexity index is 233. The van der Waals surface area contributed by atoms with Crippen molar-refractivity contribution >= 4 is 27.7 Å². The highest BCUT2D eigenvalue weighted by Gasteiger charge is 2.04. The maximum Gasteiger partial charge on any atom is 0.0378 e. The minimum atomic E-state index is 0.450. The minimum absolute atomic E-state index is 0.450.